The van der Waals surface area contributed by atoms with Crippen LogP contribution in [0, 0.1) is 5.41 Å². The van der Waals surface area contributed by atoms with Crippen LogP contribution in [0.15, 0.2) is 0 Å². The lowest BCUT2D eigenvalue weighted by Gasteiger charge is -2.44. The first kappa shape index (κ1) is 14.2. The quantitative estimate of drug-likeness (QED) is 0.743. The van der Waals surface area contributed by atoms with Crippen molar-refractivity contribution in [1.29, 1.82) is 0 Å². The van der Waals surface area contributed by atoms with Crippen LogP contribution in [0.2, 0.25) is 0 Å². The third-order valence-corrected chi connectivity index (χ3v) is 4.67. The van der Waals surface area contributed by atoms with Gasteiger partial charge in [-0.15, -0.1) is 0 Å². The summed E-state index contributed by atoms with van der Waals surface area (Å²) >= 11 is 5.08. The van der Waals surface area contributed by atoms with Gasteiger partial charge in [-0.25, -0.2) is 0 Å². The molecule has 19 heavy (non-hydrogen) atoms. The molecule has 0 unspecified atom stereocenters. The van der Waals surface area contributed by atoms with Gasteiger partial charge in [0.05, 0.1) is 10.4 Å². The number of nitrogens with zero attached hydrogens (tertiary/aromatic N) is 1. The van der Waals surface area contributed by atoms with Gasteiger partial charge in [0.25, 0.3) is 0 Å². The topological polar surface area (TPSA) is 75.4 Å². The summed E-state index contributed by atoms with van der Waals surface area (Å²) in [5, 5.41) is 2.90. The van der Waals surface area contributed by atoms with Gasteiger partial charge in [0.1, 0.15) is 0 Å². The number of nitrogens with two attached hydrogens (primary N) is 1. The average Bonchev–Trinajstić information content (AvgIpc) is 2.26. The Balaban J connectivity index is 1.92. The van der Waals surface area contributed by atoms with Gasteiger partial charge in [0.15, 0.2) is 0 Å². The molecule has 1 heterocycles. The number of rotatable bonds is 3. The number of carbonyl (C=O) groups is 2. The molecule has 1 aliphatic carbocycles. The fourth-order valence-electron chi connectivity index (χ4n) is 2.91. The van der Waals surface area contributed by atoms with E-state index in [-0.39, 0.29) is 17.9 Å². The number of hydrogen-bond donors (Lipinski definition) is 2. The van der Waals surface area contributed by atoms with E-state index < -0.39 is 5.41 Å². The van der Waals surface area contributed by atoms with Gasteiger partial charge in [-0.2, -0.15) is 0 Å². The minimum atomic E-state index is -0.573. The Morgan fingerprint density at radius 2 is 1.89 bits per heavy atom. The van der Waals surface area contributed by atoms with Crippen LogP contribution in [0.4, 0.5) is 0 Å². The summed E-state index contributed by atoms with van der Waals surface area (Å²) < 4.78 is 0. The molecule has 6 heteroatoms. The van der Waals surface area contributed by atoms with Crippen LogP contribution in [-0.4, -0.2) is 40.8 Å². The van der Waals surface area contributed by atoms with Crippen LogP contribution >= 0.6 is 12.2 Å². The molecule has 3 N–H and O–H groups in total. The highest BCUT2D eigenvalue weighted by atomic mass is 32.1. The van der Waals surface area contributed by atoms with Crippen molar-refractivity contribution in [2.75, 3.05) is 13.1 Å². The lowest BCUT2D eigenvalue weighted by atomic mass is 9.67. The SMILES string of the molecule is CC(=O)NC1CCN(C(=O)C2(C(N)=S)CCC2)CC1. The molecule has 2 fully saturated rings. The summed E-state index contributed by atoms with van der Waals surface area (Å²) in [7, 11) is 0. The molecule has 2 rings (SSSR count). The normalized spacial score (nSPS) is 22.5. The first-order valence-corrected chi connectivity index (χ1v) is 7.23. The van der Waals surface area contributed by atoms with Crippen molar-refractivity contribution < 1.29 is 9.59 Å². The Bertz CT molecular complexity index is 399. The molecule has 0 aromatic carbocycles. The fourth-order valence-corrected chi connectivity index (χ4v) is 3.20. The second-order valence-electron chi connectivity index (χ2n) is 5.57. The van der Waals surface area contributed by atoms with Crippen molar-refractivity contribution in [2.24, 2.45) is 11.1 Å². The van der Waals surface area contributed by atoms with E-state index in [1.165, 1.54) is 6.92 Å². The molecule has 2 aliphatic rings. The molecule has 1 saturated carbocycles. The molecule has 0 aromatic rings. The number of piperidine rings is 1. The molecule has 0 spiro atoms. The Morgan fingerprint density at radius 1 is 1.32 bits per heavy atom. The van der Waals surface area contributed by atoms with Crippen molar-refractivity contribution in [3.05, 3.63) is 0 Å². The largest absolute Gasteiger partial charge is 0.392 e. The second-order valence-corrected chi connectivity index (χ2v) is 6.01. The van der Waals surface area contributed by atoms with Crippen molar-refractivity contribution in [3.63, 3.8) is 0 Å². The van der Waals surface area contributed by atoms with Gasteiger partial charge in [0.2, 0.25) is 11.8 Å². The minimum absolute atomic E-state index is 0.0108. The molecular weight excluding hydrogens is 262 g/mol. The number of amides is 2. The summed E-state index contributed by atoms with van der Waals surface area (Å²) in [6, 6.07) is 0.184. The summed E-state index contributed by atoms with van der Waals surface area (Å²) in [5.74, 6) is 0.0795. The van der Waals surface area contributed by atoms with E-state index in [2.05, 4.69) is 5.32 Å². The first-order chi connectivity index (χ1) is 8.95. The van der Waals surface area contributed by atoms with Gasteiger partial charge >= 0.3 is 0 Å². The van der Waals surface area contributed by atoms with E-state index in [1.807, 2.05) is 4.90 Å². The molecule has 1 aliphatic heterocycles. The molecule has 0 radical (unpaired) electrons. The smallest absolute Gasteiger partial charge is 0.235 e. The maximum Gasteiger partial charge on any atom is 0.235 e. The van der Waals surface area contributed by atoms with Crippen LogP contribution in [0.5, 0.6) is 0 Å². The maximum absolute atomic E-state index is 12.5. The molecule has 1 saturated heterocycles. The Labute approximate surface area is 118 Å². The summed E-state index contributed by atoms with van der Waals surface area (Å²) in [6.45, 7) is 2.87. The first-order valence-electron chi connectivity index (χ1n) is 6.82. The zero-order valence-corrected chi connectivity index (χ0v) is 12.1. The third-order valence-electron chi connectivity index (χ3n) is 4.28. The van der Waals surface area contributed by atoms with Crippen molar-refractivity contribution in [2.45, 2.75) is 45.1 Å². The number of thiocarbonyl (C=S) groups is 1. The Morgan fingerprint density at radius 3 is 2.26 bits per heavy atom. The number of hydrogen-bond acceptors (Lipinski definition) is 3. The van der Waals surface area contributed by atoms with Gasteiger partial charge < -0.3 is 16.0 Å². The molecule has 0 atom stereocenters. The lowest BCUT2D eigenvalue weighted by Crippen LogP contribution is -2.57. The average molecular weight is 283 g/mol. The van der Waals surface area contributed by atoms with E-state index >= 15 is 0 Å². The monoisotopic (exact) mass is 283 g/mol. The number of carbonyl (C=O) groups excluding carboxylic acids is 2. The molecule has 106 valence electrons. The molecule has 0 aromatic heterocycles. The van der Waals surface area contributed by atoms with Crippen molar-refractivity contribution in [3.8, 4) is 0 Å². The zero-order valence-electron chi connectivity index (χ0n) is 11.3. The highest BCUT2D eigenvalue weighted by Crippen LogP contribution is 2.43. The lowest BCUT2D eigenvalue weighted by molar-refractivity contribution is -0.143. The van der Waals surface area contributed by atoms with E-state index in [0.717, 1.165) is 32.1 Å². The predicted octanol–water partition coefficient (Wildman–Crippen LogP) is 0.570. The van der Waals surface area contributed by atoms with Gasteiger partial charge in [-0.3, -0.25) is 9.59 Å². The van der Waals surface area contributed by atoms with E-state index in [9.17, 15) is 9.59 Å². The van der Waals surface area contributed by atoms with Crippen LogP contribution in [0.1, 0.15) is 39.0 Å². The Kier molecular flexibility index (Phi) is 4.08. The van der Waals surface area contributed by atoms with Gasteiger partial charge in [-0.1, -0.05) is 18.6 Å². The summed E-state index contributed by atoms with van der Waals surface area (Å²) in [5.41, 5.74) is 5.19. The maximum atomic E-state index is 12.5. The molecular formula is C13H21N3O2S. The molecule has 2 amide bonds. The van der Waals surface area contributed by atoms with E-state index in [1.54, 1.807) is 0 Å². The van der Waals surface area contributed by atoms with Crippen molar-refractivity contribution in [1.82, 2.24) is 10.2 Å². The Hall–Kier alpha value is -1.17. The highest BCUT2D eigenvalue weighted by molar-refractivity contribution is 7.80. The van der Waals surface area contributed by atoms with Crippen LogP contribution in [0.25, 0.3) is 0 Å². The summed E-state index contributed by atoms with van der Waals surface area (Å²) in [6.07, 6.45) is 4.20. The zero-order chi connectivity index (χ0) is 14.0. The van der Waals surface area contributed by atoms with Crippen LogP contribution in [-0.2, 0) is 9.59 Å². The third kappa shape index (κ3) is 2.73. The molecule has 0 bridgehead atoms. The highest BCUT2D eigenvalue weighted by Gasteiger charge is 2.49. The van der Waals surface area contributed by atoms with Crippen LogP contribution < -0.4 is 11.1 Å². The second kappa shape index (κ2) is 5.45. The van der Waals surface area contributed by atoms with Crippen LogP contribution in [0.3, 0.4) is 0 Å². The van der Waals surface area contributed by atoms with Gasteiger partial charge in [0, 0.05) is 26.1 Å². The number of nitrogens with one attached hydrogen (secondary N) is 1. The van der Waals surface area contributed by atoms with E-state index in [0.29, 0.717) is 18.1 Å². The summed E-state index contributed by atoms with van der Waals surface area (Å²) in [4.78, 5) is 25.7. The standard InChI is InChI=1S/C13H21N3O2S/c1-9(17)15-10-3-7-16(8-4-10)12(18)13(11(14)19)5-2-6-13/h10H,2-8H2,1H3,(H2,14,19)(H,15,17). The minimum Gasteiger partial charge on any atom is -0.392 e. The van der Waals surface area contributed by atoms with Gasteiger partial charge in [-0.05, 0) is 25.7 Å². The molecule has 5 nitrogen and oxygen atoms in total. The van der Waals surface area contributed by atoms with Crippen molar-refractivity contribution >= 4 is 29.0 Å². The van der Waals surface area contributed by atoms with E-state index in [4.69, 9.17) is 18.0 Å². The number of likely N-dealkylation sites (tertiary alicyclic amines) is 1. The fraction of sp³-hybridized carbons (Fsp3) is 0.769. The predicted molar refractivity (Wildman–Crippen MR) is 76.5 cm³/mol.